The predicted molar refractivity (Wildman–Crippen MR) is 85.8 cm³/mol. The fourth-order valence-electron chi connectivity index (χ4n) is 2.44. The van der Waals surface area contributed by atoms with Gasteiger partial charge in [-0.05, 0) is 49.4 Å². The van der Waals surface area contributed by atoms with Gasteiger partial charge in [-0.25, -0.2) is 4.39 Å². The van der Waals surface area contributed by atoms with Crippen molar-refractivity contribution in [2.75, 3.05) is 7.05 Å². The van der Waals surface area contributed by atoms with E-state index in [4.69, 9.17) is 4.42 Å². The lowest BCUT2D eigenvalue weighted by Crippen LogP contribution is -2.18. The molecule has 0 bridgehead atoms. The van der Waals surface area contributed by atoms with E-state index >= 15 is 0 Å². The zero-order valence-corrected chi connectivity index (χ0v) is 13.2. The van der Waals surface area contributed by atoms with E-state index < -0.39 is 0 Å². The molecule has 3 rings (SSSR count). The molecule has 0 amide bonds. The molecule has 1 atom stereocenters. The van der Waals surface area contributed by atoms with Crippen molar-refractivity contribution in [1.82, 2.24) is 5.32 Å². The highest BCUT2D eigenvalue weighted by Crippen LogP contribution is 2.27. The van der Waals surface area contributed by atoms with Gasteiger partial charge in [-0.1, -0.05) is 34.1 Å². The summed E-state index contributed by atoms with van der Waals surface area (Å²) >= 11 is 3.38. The SMILES string of the molecule is CNC(Cc1cc(Br)ccc1F)c1cc2ccccc2o1. The molecule has 0 spiro atoms. The minimum absolute atomic E-state index is 0.0683. The van der Waals surface area contributed by atoms with E-state index in [-0.39, 0.29) is 11.9 Å². The first-order valence-corrected chi connectivity index (χ1v) is 7.56. The van der Waals surface area contributed by atoms with E-state index in [2.05, 4.69) is 21.2 Å². The minimum Gasteiger partial charge on any atom is -0.459 e. The predicted octanol–water partition coefficient (Wildman–Crippen LogP) is 4.84. The maximum absolute atomic E-state index is 13.9. The van der Waals surface area contributed by atoms with Gasteiger partial charge in [-0.3, -0.25) is 0 Å². The van der Waals surface area contributed by atoms with Crippen LogP contribution in [-0.4, -0.2) is 7.05 Å². The molecule has 0 radical (unpaired) electrons. The van der Waals surface area contributed by atoms with Gasteiger partial charge in [-0.2, -0.15) is 0 Å². The molecule has 2 aromatic carbocycles. The van der Waals surface area contributed by atoms with Crippen LogP contribution in [0.3, 0.4) is 0 Å². The normalized spacial score (nSPS) is 12.7. The third-order valence-corrected chi connectivity index (χ3v) is 4.06. The molecular weight excluding hydrogens is 333 g/mol. The number of rotatable bonds is 4. The first-order valence-electron chi connectivity index (χ1n) is 6.77. The Balaban J connectivity index is 1.92. The zero-order chi connectivity index (χ0) is 14.8. The highest BCUT2D eigenvalue weighted by atomic mass is 79.9. The molecule has 0 fully saturated rings. The number of nitrogens with one attached hydrogen (secondary N) is 1. The maximum atomic E-state index is 13.9. The van der Waals surface area contributed by atoms with Gasteiger partial charge in [0.1, 0.15) is 17.2 Å². The molecule has 1 unspecified atom stereocenters. The van der Waals surface area contributed by atoms with Crippen molar-refractivity contribution >= 4 is 26.9 Å². The van der Waals surface area contributed by atoms with Crippen LogP contribution in [-0.2, 0) is 6.42 Å². The molecule has 0 aliphatic heterocycles. The molecule has 0 aliphatic rings. The summed E-state index contributed by atoms with van der Waals surface area (Å²) in [6.07, 6.45) is 0.529. The van der Waals surface area contributed by atoms with Gasteiger partial charge in [0, 0.05) is 9.86 Å². The van der Waals surface area contributed by atoms with Crippen molar-refractivity contribution < 1.29 is 8.81 Å². The fourth-order valence-corrected chi connectivity index (χ4v) is 2.85. The van der Waals surface area contributed by atoms with E-state index in [1.807, 2.05) is 43.4 Å². The molecule has 3 aromatic rings. The Morgan fingerprint density at radius 2 is 2.00 bits per heavy atom. The average molecular weight is 348 g/mol. The monoisotopic (exact) mass is 347 g/mol. The van der Waals surface area contributed by atoms with Gasteiger partial charge in [0.05, 0.1) is 6.04 Å². The Morgan fingerprint density at radius 1 is 1.19 bits per heavy atom. The Labute approximate surface area is 131 Å². The van der Waals surface area contributed by atoms with Crippen LogP contribution in [0.4, 0.5) is 4.39 Å². The number of halogens is 2. The maximum Gasteiger partial charge on any atom is 0.134 e. The summed E-state index contributed by atoms with van der Waals surface area (Å²) in [4.78, 5) is 0. The molecular formula is C17H15BrFNO. The van der Waals surface area contributed by atoms with Crippen molar-refractivity contribution in [1.29, 1.82) is 0 Å². The Morgan fingerprint density at radius 3 is 2.76 bits per heavy atom. The topological polar surface area (TPSA) is 25.2 Å². The van der Waals surface area contributed by atoms with Crippen LogP contribution in [0.1, 0.15) is 17.4 Å². The average Bonchev–Trinajstić information content (AvgIpc) is 2.91. The van der Waals surface area contributed by atoms with E-state index in [9.17, 15) is 4.39 Å². The van der Waals surface area contributed by atoms with Gasteiger partial charge in [0.25, 0.3) is 0 Å². The molecule has 108 valence electrons. The second-order valence-corrected chi connectivity index (χ2v) is 5.88. The fraction of sp³-hybridized carbons (Fsp3) is 0.176. The number of hydrogen-bond acceptors (Lipinski definition) is 2. The summed E-state index contributed by atoms with van der Waals surface area (Å²) in [6.45, 7) is 0. The second kappa shape index (κ2) is 6.00. The lowest BCUT2D eigenvalue weighted by Gasteiger charge is -2.14. The van der Waals surface area contributed by atoms with E-state index in [0.29, 0.717) is 12.0 Å². The van der Waals surface area contributed by atoms with Crippen LogP contribution in [0.15, 0.2) is 57.4 Å². The highest BCUT2D eigenvalue weighted by Gasteiger charge is 2.17. The number of furan rings is 1. The molecule has 0 saturated heterocycles. The summed E-state index contributed by atoms with van der Waals surface area (Å²) < 4.78 is 20.6. The van der Waals surface area contributed by atoms with Crippen molar-refractivity contribution in [3.8, 4) is 0 Å². The summed E-state index contributed by atoms with van der Waals surface area (Å²) in [5, 5.41) is 4.26. The molecule has 1 heterocycles. The zero-order valence-electron chi connectivity index (χ0n) is 11.6. The Hall–Kier alpha value is -1.65. The highest BCUT2D eigenvalue weighted by molar-refractivity contribution is 9.10. The van der Waals surface area contributed by atoms with Gasteiger partial charge in [0.2, 0.25) is 0 Å². The second-order valence-electron chi connectivity index (χ2n) is 4.97. The van der Waals surface area contributed by atoms with E-state index in [1.54, 1.807) is 6.07 Å². The lowest BCUT2D eigenvalue weighted by atomic mass is 10.0. The first-order chi connectivity index (χ1) is 10.2. The summed E-state index contributed by atoms with van der Waals surface area (Å²) in [5.74, 6) is 0.618. The number of likely N-dealkylation sites (N-methyl/N-ethyl adjacent to an activating group) is 1. The molecule has 1 aromatic heterocycles. The molecule has 0 saturated carbocycles. The van der Waals surface area contributed by atoms with Crippen molar-refractivity contribution in [2.24, 2.45) is 0 Å². The smallest absolute Gasteiger partial charge is 0.134 e. The summed E-state index contributed by atoms with van der Waals surface area (Å²) in [6, 6.07) is 14.8. The van der Waals surface area contributed by atoms with Crippen molar-refractivity contribution in [2.45, 2.75) is 12.5 Å². The number of hydrogen-bond donors (Lipinski definition) is 1. The lowest BCUT2D eigenvalue weighted by molar-refractivity contribution is 0.445. The number of fused-ring (bicyclic) bond motifs is 1. The molecule has 0 aliphatic carbocycles. The van der Waals surface area contributed by atoms with Crippen LogP contribution in [0.5, 0.6) is 0 Å². The van der Waals surface area contributed by atoms with E-state index in [0.717, 1.165) is 21.2 Å². The van der Waals surface area contributed by atoms with Gasteiger partial charge in [0.15, 0.2) is 0 Å². The summed E-state index contributed by atoms with van der Waals surface area (Å²) in [5.41, 5.74) is 1.51. The number of para-hydroxylation sites is 1. The van der Waals surface area contributed by atoms with Crippen molar-refractivity contribution in [3.63, 3.8) is 0 Å². The van der Waals surface area contributed by atoms with Gasteiger partial charge >= 0.3 is 0 Å². The quantitative estimate of drug-likeness (QED) is 0.730. The standard InChI is InChI=1S/C17H15BrFNO/c1-20-15(9-12-8-13(18)6-7-14(12)19)17-10-11-4-2-3-5-16(11)21-17/h2-8,10,15,20H,9H2,1H3. The van der Waals surface area contributed by atoms with Crippen LogP contribution in [0.25, 0.3) is 11.0 Å². The first kappa shape index (κ1) is 14.3. The largest absolute Gasteiger partial charge is 0.459 e. The van der Waals surface area contributed by atoms with Crippen molar-refractivity contribution in [3.05, 3.63) is 70.1 Å². The molecule has 1 N–H and O–H groups in total. The van der Waals surface area contributed by atoms with Crippen LogP contribution < -0.4 is 5.32 Å². The van der Waals surface area contributed by atoms with Gasteiger partial charge < -0.3 is 9.73 Å². The molecule has 4 heteroatoms. The third-order valence-electron chi connectivity index (χ3n) is 3.57. The van der Waals surface area contributed by atoms with E-state index in [1.165, 1.54) is 6.07 Å². The van der Waals surface area contributed by atoms with Crippen LogP contribution in [0.2, 0.25) is 0 Å². The minimum atomic E-state index is -0.199. The third kappa shape index (κ3) is 3.01. The number of benzene rings is 2. The van der Waals surface area contributed by atoms with Crippen LogP contribution >= 0.6 is 15.9 Å². The van der Waals surface area contributed by atoms with Crippen LogP contribution in [0, 0.1) is 5.82 Å². The van der Waals surface area contributed by atoms with Gasteiger partial charge in [-0.15, -0.1) is 0 Å². The summed E-state index contributed by atoms with van der Waals surface area (Å²) in [7, 11) is 1.85. The Kier molecular flexibility index (Phi) is 4.08. The Bertz CT molecular complexity index is 735. The molecule has 21 heavy (non-hydrogen) atoms. The molecule has 2 nitrogen and oxygen atoms in total.